The van der Waals surface area contributed by atoms with Crippen molar-refractivity contribution in [3.8, 4) is 0 Å². The maximum absolute atomic E-state index is 6.65. The Labute approximate surface area is 177 Å². The molecule has 0 aromatic heterocycles. The van der Waals surface area contributed by atoms with E-state index in [0.29, 0.717) is 10.5 Å². The molecule has 0 radical (unpaired) electrons. The van der Waals surface area contributed by atoms with Crippen LogP contribution in [0.4, 0.5) is 0 Å². The van der Waals surface area contributed by atoms with Crippen LogP contribution in [0.5, 0.6) is 0 Å². The second-order valence-corrected chi connectivity index (χ2v) is 33.7. The summed E-state index contributed by atoms with van der Waals surface area (Å²) in [5, 5.41) is 0. The summed E-state index contributed by atoms with van der Waals surface area (Å²) in [7, 11) is -9.27. The van der Waals surface area contributed by atoms with Crippen molar-refractivity contribution in [2.75, 3.05) is 0 Å². The van der Waals surface area contributed by atoms with Crippen molar-refractivity contribution in [1.29, 1.82) is 0 Å². The standard InChI is InChI=1S/C16H46O5Si6/c1-15(16(17-23(2,3)4)18-24(5,6)7)14-27(19-22,20-25(8,9)10)21-26(11,12)13/h15-16H,14H2,1-13,22H3. The second kappa shape index (κ2) is 9.94. The van der Waals surface area contributed by atoms with E-state index in [4.69, 9.17) is 21.2 Å². The Balaban J connectivity index is 5.72. The first-order chi connectivity index (χ1) is 11.7. The lowest BCUT2D eigenvalue weighted by Gasteiger charge is -2.42. The van der Waals surface area contributed by atoms with E-state index in [9.17, 15) is 0 Å². The summed E-state index contributed by atoms with van der Waals surface area (Å²) in [6, 6.07) is 0.755. The van der Waals surface area contributed by atoms with E-state index in [-0.39, 0.29) is 12.2 Å². The molecular formula is C16H46O5Si6. The zero-order valence-electron chi connectivity index (χ0n) is 20.4. The number of rotatable bonds is 12. The molecule has 0 bridgehead atoms. The maximum Gasteiger partial charge on any atom is 0.469 e. The maximum atomic E-state index is 6.65. The molecule has 1 atom stereocenters. The predicted molar refractivity (Wildman–Crippen MR) is 132 cm³/mol. The molecule has 11 heteroatoms. The zero-order chi connectivity index (χ0) is 21.9. The van der Waals surface area contributed by atoms with Crippen molar-refractivity contribution in [3.05, 3.63) is 0 Å². The van der Waals surface area contributed by atoms with Crippen LogP contribution in [-0.2, 0) is 21.2 Å². The minimum Gasteiger partial charge on any atom is -0.425 e. The fourth-order valence-electron chi connectivity index (χ4n) is 2.65. The summed E-state index contributed by atoms with van der Waals surface area (Å²) < 4.78 is 32.4. The molecule has 0 rings (SSSR count). The van der Waals surface area contributed by atoms with Gasteiger partial charge in [0.1, 0.15) is 16.8 Å². The van der Waals surface area contributed by atoms with Gasteiger partial charge in [-0.05, 0) is 78.6 Å². The smallest absolute Gasteiger partial charge is 0.425 e. The van der Waals surface area contributed by atoms with Gasteiger partial charge in [-0.3, -0.25) is 0 Å². The Morgan fingerprint density at radius 1 is 0.630 bits per heavy atom. The van der Waals surface area contributed by atoms with E-state index in [1.54, 1.807) is 0 Å². The van der Waals surface area contributed by atoms with E-state index >= 15 is 0 Å². The highest BCUT2D eigenvalue weighted by Gasteiger charge is 2.49. The van der Waals surface area contributed by atoms with Crippen LogP contribution in [0.25, 0.3) is 0 Å². The number of hydrogen-bond acceptors (Lipinski definition) is 5. The molecule has 0 aromatic carbocycles. The largest absolute Gasteiger partial charge is 0.469 e. The van der Waals surface area contributed by atoms with E-state index in [1.165, 1.54) is 0 Å². The lowest BCUT2D eigenvalue weighted by molar-refractivity contribution is -0.0454. The highest BCUT2D eigenvalue weighted by atomic mass is 28.5. The Kier molecular flexibility index (Phi) is 10.3. The second-order valence-electron chi connectivity index (χ2n) is 11.3. The zero-order valence-corrected chi connectivity index (χ0v) is 27.4. The van der Waals surface area contributed by atoms with Gasteiger partial charge in [0.2, 0.25) is 0 Å². The van der Waals surface area contributed by atoms with Gasteiger partial charge in [0.25, 0.3) is 0 Å². The molecule has 0 saturated carbocycles. The van der Waals surface area contributed by atoms with E-state index in [2.05, 4.69) is 85.5 Å². The molecule has 0 aliphatic carbocycles. The molecule has 0 aliphatic heterocycles. The first-order valence-electron chi connectivity index (χ1n) is 9.98. The van der Waals surface area contributed by atoms with Crippen molar-refractivity contribution >= 4 is 52.6 Å². The molecule has 1 unspecified atom stereocenters. The van der Waals surface area contributed by atoms with Gasteiger partial charge < -0.3 is 21.2 Å². The molecule has 27 heavy (non-hydrogen) atoms. The van der Waals surface area contributed by atoms with Gasteiger partial charge in [0.15, 0.2) is 33.3 Å². The van der Waals surface area contributed by atoms with Crippen LogP contribution >= 0.6 is 0 Å². The van der Waals surface area contributed by atoms with Crippen molar-refractivity contribution in [2.24, 2.45) is 5.92 Å². The van der Waals surface area contributed by atoms with Gasteiger partial charge in [-0.1, -0.05) is 6.92 Å². The summed E-state index contributed by atoms with van der Waals surface area (Å²) in [5.74, 6) is 0.164. The van der Waals surface area contributed by atoms with Crippen molar-refractivity contribution in [3.63, 3.8) is 0 Å². The minimum absolute atomic E-state index is 0.164. The normalized spacial score (nSPS) is 16.2. The van der Waals surface area contributed by atoms with Gasteiger partial charge >= 0.3 is 8.80 Å². The molecule has 0 aromatic rings. The Bertz CT molecular complexity index is 418. The third kappa shape index (κ3) is 13.9. The predicted octanol–water partition coefficient (Wildman–Crippen LogP) is 4.59. The molecule has 0 saturated heterocycles. The topological polar surface area (TPSA) is 46.2 Å². The van der Waals surface area contributed by atoms with Crippen molar-refractivity contribution in [1.82, 2.24) is 0 Å². The lowest BCUT2D eigenvalue weighted by Crippen LogP contribution is -2.58. The Morgan fingerprint density at radius 3 is 1.19 bits per heavy atom. The summed E-state index contributed by atoms with van der Waals surface area (Å²) in [6.07, 6.45) is -0.220. The summed E-state index contributed by atoms with van der Waals surface area (Å²) in [6.45, 7) is 28.7. The van der Waals surface area contributed by atoms with Gasteiger partial charge in [0, 0.05) is 12.0 Å². The Hall–Kier alpha value is 1.10. The molecule has 0 N–H and O–H groups in total. The highest BCUT2D eigenvalue weighted by molar-refractivity contribution is 6.86. The molecular weight excluding hydrogens is 441 g/mol. The van der Waals surface area contributed by atoms with E-state index in [0.717, 1.165) is 6.04 Å². The van der Waals surface area contributed by atoms with Gasteiger partial charge in [0.05, 0.1) is 0 Å². The van der Waals surface area contributed by atoms with E-state index in [1.807, 2.05) is 0 Å². The van der Waals surface area contributed by atoms with E-state index < -0.39 is 42.1 Å². The quantitative estimate of drug-likeness (QED) is 0.298. The molecule has 164 valence electrons. The first-order valence-corrected chi connectivity index (χ1v) is 26.4. The SMILES string of the molecule is CC(C[Si](O[SiH3])(O[Si](C)(C)C)O[Si](C)(C)C)C(O[Si](C)(C)C)O[Si](C)(C)C. The van der Waals surface area contributed by atoms with Crippen LogP contribution in [0.15, 0.2) is 0 Å². The van der Waals surface area contributed by atoms with Gasteiger partial charge in [-0.2, -0.15) is 0 Å². The van der Waals surface area contributed by atoms with Crippen LogP contribution < -0.4 is 0 Å². The average Bonchev–Trinajstić information content (AvgIpc) is 2.29. The summed E-state index contributed by atoms with van der Waals surface area (Å²) >= 11 is 0. The van der Waals surface area contributed by atoms with Crippen LogP contribution in [0.1, 0.15) is 6.92 Å². The fraction of sp³-hybridized carbons (Fsp3) is 1.00. The number of hydrogen-bond donors (Lipinski definition) is 0. The fourth-order valence-corrected chi connectivity index (χ4v) is 17.2. The molecule has 5 nitrogen and oxygen atoms in total. The molecule has 0 aliphatic rings. The lowest BCUT2D eigenvalue weighted by atomic mass is 10.2. The monoisotopic (exact) mass is 486 g/mol. The van der Waals surface area contributed by atoms with Crippen LogP contribution in [0, 0.1) is 5.92 Å². The molecule has 0 spiro atoms. The van der Waals surface area contributed by atoms with Gasteiger partial charge in [-0.15, -0.1) is 0 Å². The Morgan fingerprint density at radius 2 is 0.963 bits per heavy atom. The van der Waals surface area contributed by atoms with Gasteiger partial charge in [-0.25, -0.2) is 0 Å². The minimum atomic E-state index is -2.76. The summed E-state index contributed by atoms with van der Waals surface area (Å²) in [4.78, 5) is 0. The van der Waals surface area contributed by atoms with Crippen LogP contribution in [-0.4, -0.2) is 58.9 Å². The highest BCUT2D eigenvalue weighted by Crippen LogP contribution is 2.32. The average molecular weight is 487 g/mol. The summed E-state index contributed by atoms with van der Waals surface area (Å²) in [5.41, 5.74) is 0. The third-order valence-corrected chi connectivity index (χ3v) is 16.1. The van der Waals surface area contributed by atoms with Crippen LogP contribution in [0.2, 0.25) is 84.6 Å². The first kappa shape index (κ1) is 28.1. The third-order valence-electron chi connectivity index (χ3n) is 3.21. The molecule has 0 fully saturated rings. The molecule has 0 amide bonds. The van der Waals surface area contributed by atoms with Crippen molar-refractivity contribution in [2.45, 2.75) is 97.8 Å². The molecule has 0 heterocycles. The van der Waals surface area contributed by atoms with Crippen molar-refractivity contribution < 1.29 is 21.2 Å². The van der Waals surface area contributed by atoms with Crippen LogP contribution in [0.3, 0.4) is 0 Å².